The normalized spacial score (nSPS) is 12.0. The van der Waals surface area contributed by atoms with Crippen LogP contribution in [0.2, 0.25) is 5.02 Å². The highest BCUT2D eigenvalue weighted by Crippen LogP contribution is 2.30. The van der Waals surface area contributed by atoms with Gasteiger partial charge < -0.3 is 19.9 Å². The molecule has 0 fully saturated rings. The summed E-state index contributed by atoms with van der Waals surface area (Å²) in [6, 6.07) is 13.6. The Balaban J connectivity index is 1.72. The number of anilines is 1. The number of carbonyl (C=O) groups excluding carboxylic acids is 3. The predicted molar refractivity (Wildman–Crippen MR) is 197 cm³/mol. The number of aromatic nitrogens is 2. The molecule has 10 nitrogen and oxygen atoms in total. The van der Waals surface area contributed by atoms with Gasteiger partial charge in [0.2, 0.25) is 5.91 Å². The van der Waals surface area contributed by atoms with Gasteiger partial charge >= 0.3 is 11.7 Å². The molecule has 2 aromatic carbocycles. The number of imidazole rings is 1. The number of hydrogen-bond donors (Lipinski definition) is 2. The van der Waals surface area contributed by atoms with E-state index in [0.29, 0.717) is 0 Å². The number of halogens is 1. The largest absolute Gasteiger partial charge is 0.491 e. The molecule has 0 bridgehead atoms. The maximum Gasteiger partial charge on any atom is 0.338 e. The average molecular weight is 712 g/mol. The molecule has 0 aliphatic rings. The summed E-state index contributed by atoms with van der Waals surface area (Å²) >= 11 is 6.42. The molecule has 274 valence electrons. The van der Waals surface area contributed by atoms with E-state index in [1.807, 2.05) is 30.3 Å². The van der Waals surface area contributed by atoms with Crippen molar-refractivity contribution in [3.05, 3.63) is 75.2 Å². The molecule has 1 aromatic heterocycles. The van der Waals surface area contributed by atoms with Gasteiger partial charge in [0.05, 0.1) is 36.0 Å². The van der Waals surface area contributed by atoms with Gasteiger partial charge in [-0.2, -0.15) is 0 Å². The van der Waals surface area contributed by atoms with Crippen LogP contribution >= 0.6 is 11.6 Å². The summed E-state index contributed by atoms with van der Waals surface area (Å²) in [7, 11) is 0. The van der Waals surface area contributed by atoms with Crippen molar-refractivity contribution in [2.24, 2.45) is 11.3 Å². The van der Waals surface area contributed by atoms with Gasteiger partial charge in [0.15, 0.2) is 5.78 Å². The van der Waals surface area contributed by atoms with Gasteiger partial charge in [-0.3, -0.25) is 18.7 Å². The fraction of sp³-hybridized carbons (Fsp3) is 0.538. The fourth-order valence-electron chi connectivity index (χ4n) is 5.70. The monoisotopic (exact) mass is 711 g/mol. The summed E-state index contributed by atoms with van der Waals surface area (Å²) in [5, 5.41) is 14.0. The lowest BCUT2D eigenvalue weighted by molar-refractivity contribution is -0.137. The van der Waals surface area contributed by atoms with Crippen LogP contribution in [0, 0.1) is 11.3 Å². The van der Waals surface area contributed by atoms with E-state index in [9.17, 15) is 24.3 Å². The standard InChI is InChI=1S/C39H54ClN3O7/c1-6-8-9-10-11-12-13-14-15-19-24-50-37(47)29-22-23-31(40)32(25-29)41-34(45)30(33(44)39(3,4)5)27-42-35(46)36(49-7-2)43(38(42)48)26-28-20-17-16-18-21-28/h16-18,20-23,25,30,46H,6-15,19,24,26-27H2,1-5H3,(H,41,45). The molecule has 1 unspecified atom stereocenters. The van der Waals surface area contributed by atoms with E-state index in [2.05, 4.69) is 12.2 Å². The van der Waals surface area contributed by atoms with Crippen LogP contribution in [0.25, 0.3) is 0 Å². The van der Waals surface area contributed by atoms with Gasteiger partial charge in [-0.25, -0.2) is 9.59 Å². The third kappa shape index (κ3) is 11.8. The number of nitrogens with one attached hydrogen (secondary N) is 1. The zero-order chi connectivity index (χ0) is 36.7. The van der Waals surface area contributed by atoms with Crippen LogP contribution in [-0.4, -0.2) is 45.1 Å². The first kappa shape index (κ1) is 40.4. The number of Topliss-reactive ketones (excluding diaryl/α,β-unsaturated/α-hetero) is 1. The number of amides is 1. The minimum Gasteiger partial charge on any atom is -0.491 e. The maximum atomic E-state index is 13.8. The molecule has 50 heavy (non-hydrogen) atoms. The number of hydrogen-bond acceptors (Lipinski definition) is 7. The van der Waals surface area contributed by atoms with Crippen molar-refractivity contribution in [2.75, 3.05) is 18.5 Å². The van der Waals surface area contributed by atoms with Crippen molar-refractivity contribution in [1.29, 1.82) is 0 Å². The van der Waals surface area contributed by atoms with E-state index in [0.717, 1.165) is 29.4 Å². The lowest BCUT2D eigenvalue weighted by atomic mass is 9.82. The number of unbranched alkanes of at least 4 members (excludes halogenated alkanes) is 9. The lowest BCUT2D eigenvalue weighted by Gasteiger charge is -2.24. The number of aromatic hydroxyl groups is 1. The molecule has 0 saturated carbocycles. The van der Waals surface area contributed by atoms with Crippen LogP contribution in [0.15, 0.2) is 53.3 Å². The molecule has 11 heteroatoms. The first-order valence-corrected chi connectivity index (χ1v) is 18.3. The summed E-state index contributed by atoms with van der Waals surface area (Å²) in [4.78, 5) is 54.0. The van der Waals surface area contributed by atoms with Crippen molar-refractivity contribution in [3.63, 3.8) is 0 Å². The van der Waals surface area contributed by atoms with E-state index in [4.69, 9.17) is 21.1 Å². The summed E-state index contributed by atoms with van der Waals surface area (Å²) in [6.45, 7) is 9.06. The summed E-state index contributed by atoms with van der Waals surface area (Å²) < 4.78 is 13.4. The summed E-state index contributed by atoms with van der Waals surface area (Å²) in [6.07, 6.45) is 11.7. The number of nitrogens with zero attached hydrogens (tertiary/aromatic N) is 2. The Bertz CT molecular complexity index is 1610. The van der Waals surface area contributed by atoms with Crippen LogP contribution in [0.1, 0.15) is 115 Å². The molecular formula is C39H54ClN3O7. The van der Waals surface area contributed by atoms with Gasteiger partial charge in [-0.15, -0.1) is 0 Å². The van der Waals surface area contributed by atoms with E-state index in [1.54, 1.807) is 27.7 Å². The van der Waals surface area contributed by atoms with E-state index < -0.39 is 47.1 Å². The fourth-order valence-corrected chi connectivity index (χ4v) is 5.87. The summed E-state index contributed by atoms with van der Waals surface area (Å²) in [5.74, 6) is -3.70. The van der Waals surface area contributed by atoms with Crippen molar-refractivity contribution in [3.8, 4) is 11.8 Å². The third-order valence-corrected chi connectivity index (χ3v) is 8.88. The number of rotatable bonds is 21. The SMILES string of the molecule is CCCCCCCCCCCCOC(=O)c1ccc(Cl)c(NC(=O)C(Cn2c(O)c(OCC)n(Cc3ccccc3)c2=O)C(=O)C(C)(C)C)c1. The maximum absolute atomic E-state index is 13.8. The Morgan fingerprint density at radius 2 is 1.50 bits per heavy atom. The quantitative estimate of drug-likeness (QED) is 0.0645. The van der Waals surface area contributed by atoms with E-state index in [1.165, 1.54) is 67.7 Å². The molecule has 2 N–H and O–H groups in total. The van der Waals surface area contributed by atoms with Gasteiger partial charge in [-0.1, -0.05) is 127 Å². The molecule has 0 spiro atoms. The molecule has 3 aromatic rings. The Kier molecular flexibility index (Phi) is 16.1. The van der Waals surface area contributed by atoms with Gasteiger partial charge in [0.25, 0.3) is 11.8 Å². The minimum absolute atomic E-state index is 0.0595. The van der Waals surface area contributed by atoms with Crippen LogP contribution < -0.4 is 15.7 Å². The average Bonchev–Trinajstić information content (AvgIpc) is 3.29. The topological polar surface area (TPSA) is 129 Å². The Morgan fingerprint density at radius 3 is 2.10 bits per heavy atom. The Morgan fingerprint density at radius 1 is 0.880 bits per heavy atom. The Hall–Kier alpha value is -4.05. The zero-order valence-electron chi connectivity index (χ0n) is 30.3. The smallest absolute Gasteiger partial charge is 0.338 e. The third-order valence-electron chi connectivity index (χ3n) is 8.55. The van der Waals surface area contributed by atoms with Crippen LogP contribution in [0.4, 0.5) is 5.69 Å². The van der Waals surface area contributed by atoms with Gasteiger partial charge in [0.1, 0.15) is 5.92 Å². The number of esters is 1. The molecule has 0 aliphatic heterocycles. The molecule has 1 amide bonds. The van der Waals surface area contributed by atoms with Crippen LogP contribution in [0.5, 0.6) is 11.8 Å². The highest BCUT2D eigenvalue weighted by molar-refractivity contribution is 6.34. The molecule has 3 rings (SSSR count). The van der Waals surface area contributed by atoms with E-state index >= 15 is 0 Å². The lowest BCUT2D eigenvalue weighted by Crippen LogP contribution is -2.41. The highest BCUT2D eigenvalue weighted by atomic mass is 35.5. The Labute approximate surface area is 301 Å². The minimum atomic E-state index is -1.40. The van der Waals surface area contributed by atoms with Crippen molar-refractivity contribution < 1.29 is 29.0 Å². The molecule has 0 aliphatic carbocycles. The van der Waals surface area contributed by atoms with Crippen molar-refractivity contribution in [2.45, 2.75) is 112 Å². The number of benzene rings is 2. The van der Waals surface area contributed by atoms with Crippen LogP contribution in [0.3, 0.4) is 0 Å². The molecule has 0 saturated heterocycles. The second-order valence-electron chi connectivity index (χ2n) is 13.7. The number of ether oxygens (including phenoxy) is 2. The number of carbonyl (C=O) groups is 3. The first-order valence-electron chi connectivity index (χ1n) is 17.9. The second-order valence-corrected chi connectivity index (χ2v) is 14.1. The van der Waals surface area contributed by atoms with Gasteiger partial charge in [0, 0.05) is 12.0 Å². The zero-order valence-corrected chi connectivity index (χ0v) is 31.0. The van der Waals surface area contributed by atoms with Crippen LogP contribution in [-0.2, 0) is 27.4 Å². The predicted octanol–water partition coefficient (Wildman–Crippen LogP) is 8.40. The van der Waals surface area contributed by atoms with Crippen molar-refractivity contribution >= 4 is 34.9 Å². The highest BCUT2D eigenvalue weighted by Gasteiger charge is 2.37. The number of ketones is 1. The van der Waals surface area contributed by atoms with E-state index in [-0.39, 0.29) is 41.9 Å². The first-order chi connectivity index (χ1) is 23.9. The molecule has 1 heterocycles. The molecule has 1 atom stereocenters. The van der Waals surface area contributed by atoms with Gasteiger partial charge in [-0.05, 0) is 37.1 Å². The van der Waals surface area contributed by atoms with Crippen molar-refractivity contribution in [1.82, 2.24) is 9.13 Å². The second kappa shape index (κ2) is 20.0. The molecule has 0 radical (unpaired) electrons. The molecular weight excluding hydrogens is 658 g/mol. The summed E-state index contributed by atoms with van der Waals surface area (Å²) in [5.41, 5.74) is -0.502.